The predicted molar refractivity (Wildman–Crippen MR) is 124 cm³/mol. The number of aromatic nitrogens is 2. The van der Waals surface area contributed by atoms with E-state index < -0.39 is 16.0 Å². The van der Waals surface area contributed by atoms with Crippen molar-refractivity contribution in [2.45, 2.75) is 20.4 Å². The van der Waals surface area contributed by atoms with E-state index >= 15 is 0 Å². The quantitative estimate of drug-likeness (QED) is 0.512. The summed E-state index contributed by atoms with van der Waals surface area (Å²) in [5.41, 5.74) is 2.39. The molecule has 2 heterocycles. The van der Waals surface area contributed by atoms with E-state index in [4.69, 9.17) is 16.3 Å². The van der Waals surface area contributed by atoms with Crippen molar-refractivity contribution in [3.8, 4) is 11.4 Å². The second-order valence-electron chi connectivity index (χ2n) is 7.43. The van der Waals surface area contributed by atoms with Gasteiger partial charge in [0.2, 0.25) is 10.0 Å². The molecule has 11 heteroatoms. The number of carbonyl (C=O) groups excluding carboxylic acids is 2. The number of aromatic amines is 1. The smallest absolute Gasteiger partial charge is 0.358 e. The summed E-state index contributed by atoms with van der Waals surface area (Å²) in [5.74, 6) is -0.641. The molecule has 1 aromatic heterocycles. The number of benzene rings is 2. The molecule has 3 aromatic rings. The number of imidazole rings is 1. The molecule has 172 valence electrons. The van der Waals surface area contributed by atoms with Gasteiger partial charge in [-0.15, -0.1) is 0 Å². The summed E-state index contributed by atoms with van der Waals surface area (Å²) < 4.78 is 31.7. The van der Waals surface area contributed by atoms with Gasteiger partial charge in [0.25, 0.3) is 5.91 Å². The van der Waals surface area contributed by atoms with Crippen LogP contribution in [0.25, 0.3) is 11.4 Å². The minimum absolute atomic E-state index is 0.122. The lowest BCUT2D eigenvalue weighted by Gasteiger charge is -2.26. The number of amides is 1. The monoisotopic (exact) mass is 488 g/mol. The molecule has 4 rings (SSSR count). The van der Waals surface area contributed by atoms with Crippen molar-refractivity contribution in [3.63, 3.8) is 0 Å². The van der Waals surface area contributed by atoms with Gasteiger partial charge in [-0.1, -0.05) is 23.7 Å². The molecule has 2 N–H and O–H groups in total. The molecule has 2 aromatic carbocycles. The van der Waals surface area contributed by atoms with Crippen LogP contribution in [0.1, 0.15) is 39.0 Å². The van der Waals surface area contributed by atoms with Gasteiger partial charge in [-0.2, -0.15) is 0 Å². The zero-order valence-electron chi connectivity index (χ0n) is 18.1. The van der Waals surface area contributed by atoms with Gasteiger partial charge in [0.1, 0.15) is 5.82 Å². The number of esters is 1. The number of sulfonamides is 1. The Bertz CT molecular complexity index is 1380. The van der Waals surface area contributed by atoms with Crippen molar-refractivity contribution in [2.75, 3.05) is 17.2 Å². The molecule has 9 nitrogen and oxygen atoms in total. The average molecular weight is 489 g/mol. The summed E-state index contributed by atoms with van der Waals surface area (Å²) in [4.78, 5) is 32.3. The maximum absolute atomic E-state index is 12.8. The zero-order chi connectivity index (χ0) is 23.9. The minimum Gasteiger partial charge on any atom is -0.461 e. The van der Waals surface area contributed by atoms with Crippen molar-refractivity contribution in [1.29, 1.82) is 0 Å². The number of ether oxygens (including phenoxy) is 1. The van der Waals surface area contributed by atoms with Crippen molar-refractivity contribution in [3.05, 3.63) is 63.9 Å². The van der Waals surface area contributed by atoms with Crippen LogP contribution in [0.15, 0.2) is 36.4 Å². The number of halogens is 1. The van der Waals surface area contributed by atoms with Crippen LogP contribution in [0.2, 0.25) is 5.02 Å². The largest absolute Gasteiger partial charge is 0.461 e. The van der Waals surface area contributed by atoms with Gasteiger partial charge in [0.15, 0.2) is 5.69 Å². The van der Waals surface area contributed by atoms with Gasteiger partial charge in [0, 0.05) is 23.4 Å². The molecule has 0 atom stereocenters. The highest BCUT2D eigenvalue weighted by Crippen LogP contribution is 2.41. The van der Waals surface area contributed by atoms with Gasteiger partial charge >= 0.3 is 5.97 Å². The fourth-order valence-corrected chi connectivity index (χ4v) is 5.12. The number of aryl methyl sites for hydroxylation is 1. The van der Waals surface area contributed by atoms with Gasteiger partial charge in [-0.3, -0.25) is 4.79 Å². The van der Waals surface area contributed by atoms with E-state index in [1.165, 1.54) is 0 Å². The third kappa shape index (κ3) is 4.07. The Kier molecular flexibility index (Phi) is 5.89. The third-order valence-corrected chi connectivity index (χ3v) is 6.55. The molecular formula is C22H21ClN4O5S. The first-order valence-electron chi connectivity index (χ1n) is 10.1. The summed E-state index contributed by atoms with van der Waals surface area (Å²) in [5, 5.41) is 2.99. The molecule has 0 saturated carbocycles. The second-order valence-corrected chi connectivity index (χ2v) is 9.67. The molecule has 0 unspecified atom stereocenters. The lowest BCUT2D eigenvalue weighted by atomic mass is 10.00. The van der Waals surface area contributed by atoms with Crippen LogP contribution in [-0.4, -0.2) is 43.1 Å². The van der Waals surface area contributed by atoms with Gasteiger partial charge in [0.05, 0.1) is 34.8 Å². The Morgan fingerprint density at radius 3 is 2.61 bits per heavy atom. The van der Waals surface area contributed by atoms with Crippen LogP contribution < -0.4 is 9.62 Å². The number of carbonyl (C=O) groups is 2. The van der Waals surface area contributed by atoms with Crippen LogP contribution in [0.3, 0.4) is 0 Å². The van der Waals surface area contributed by atoms with Crippen LogP contribution in [0.4, 0.5) is 11.4 Å². The van der Waals surface area contributed by atoms with Crippen LogP contribution in [0, 0.1) is 6.92 Å². The molecule has 0 spiro atoms. The Hall–Kier alpha value is -3.37. The molecule has 0 saturated heterocycles. The summed E-state index contributed by atoms with van der Waals surface area (Å²) in [6.07, 6.45) is 1.07. The van der Waals surface area contributed by atoms with Crippen LogP contribution in [0.5, 0.6) is 0 Å². The molecule has 1 amide bonds. The highest BCUT2D eigenvalue weighted by Gasteiger charge is 2.33. The number of hydrogen-bond donors (Lipinski definition) is 2. The second kappa shape index (κ2) is 8.53. The highest BCUT2D eigenvalue weighted by molar-refractivity contribution is 7.92. The standard InChI is InChI=1S/C22H21ClN4O5S/c1-4-32-22(29)19-12(2)25-20(26-19)13-9-10-16(14-11-24-21(28)18(13)14)27(33(3,30)31)17-8-6-5-7-15(17)23/h5-10H,4,11H2,1-3H3,(H,24,28)(H,25,26). The molecule has 33 heavy (non-hydrogen) atoms. The van der Waals surface area contributed by atoms with Crippen molar-refractivity contribution in [2.24, 2.45) is 0 Å². The highest BCUT2D eigenvalue weighted by atomic mass is 35.5. The number of hydrogen-bond acceptors (Lipinski definition) is 6. The van der Waals surface area contributed by atoms with Crippen molar-refractivity contribution in [1.82, 2.24) is 15.3 Å². The van der Waals surface area contributed by atoms with E-state index in [0.29, 0.717) is 28.3 Å². The SMILES string of the molecule is CCOC(=O)c1nc(-c2ccc(N(c3ccccc3Cl)S(C)(=O)=O)c3c2C(=O)NC3)[nH]c1C. The summed E-state index contributed by atoms with van der Waals surface area (Å²) >= 11 is 6.31. The molecule has 0 radical (unpaired) electrons. The average Bonchev–Trinajstić information content (AvgIpc) is 3.33. The molecule has 0 bridgehead atoms. The molecule has 1 aliphatic heterocycles. The lowest BCUT2D eigenvalue weighted by Crippen LogP contribution is -2.26. The maximum atomic E-state index is 12.8. The lowest BCUT2D eigenvalue weighted by molar-refractivity contribution is 0.0519. The minimum atomic E-state index is -3.81. The molecule has 0 aliphatic carbocycles. The first-order chi connectivity index (χ1) is 15.6. The van der Waals surface area contributed by atoms with E-state index in [2.05, 4.69) is 15.3 Å². The molecule has 0 fully saturated rings. The Labute approximate surface area is 195 Å². The number of para-hydroxylation sites is 1. The van der Waals surface area contributed by atoms with E-state index in [0.717, 1.165) is 10.6 Å². The number of fused-ring (bicyclic) bond motifs is 1. The van der Waals surface area contributed by atoms with E-state index in [-0.39, 0.29) is 41.0 Å². The fourth-order valence-electron chi connectivity index (χ4n) is 3.81. The zero-order valence-corrected chi connectivity index (χ0v) is 19.7. The van der Waals surface area contributed by atoms with Crippen molar-refractivity contribution < 1.29 is 22.7 Å². The number of nitrogens with one attached hydrogen (secondary N) is 2. The predicted octanol–water partition coefficient (Wildman–Crippen LogP) is 3.56. The number of anilines is 2. The first-order valence-corrected chi connectivity index (χ1v) is 12.3. The number of rotatable bonds is 6. The van der Waals surface area contributed by atoms with Crippen LogP contribution >= 0.6 is 11.6 Å². The van der Waals surface area contributed by atoms with Gasteiger partial charge in [-0.05, 0) is 38.1 Å². The van der Waals surface area contributed by atoms with Crippen molar-refractivity contribution >= 4 is 44.9 Å². The Morgan fingerprint density at radius 1 is 1.21 bits per heavy atom. The normalized spacial score (nSPS) is 12.9. The Morgan fingerprint density at radius 2 is 1.94 bits per heavy atom. The topological polar surface area (TPSA) is 121 Å². The molecule has 1 aliphatic rings. The number of nitrogens with zero attached hydrogens (tertiary/aromatic N) is 2. The fraction of sp³-hybridized carbons (Fsp3) is 0.227. The van der Waals surface area contributed by atoms with E-state index in [1.54, 1.807) is 50.2 Å². The molecular weight excluding hydrogens is 468 g/mol. The summed E-state index contributed by atoms with van der Waals surface area (Å²) in [7, 11) is -3.81. The van der Waals surface area contributed by atoms with Gasteiger partial charge in [-0.25, -0.2) is 22.5 Å². The van der Waals surface area contributed by atoms with E-state index in [1.807, 2.05) is 0 Å². The number of H-pyrrole nitrogens is 1. The van der Waals surface area contributed by atoms with E-state index in [9.17, 15) is 18.0 Å². The van der Waals surface area contributed by atoms with Crippen LogP contribution in [-0.2, 0) is 21.3 Å². The maximum Gasteiger partial charge on any atom is 0.358 e. The van der Waals surface area contributed by atoms with Gasteiger partial charge < -0.3 is 15.0 Å². The third-order valence-electron chi connectivity index (χ3n) is 5.17. The first kappa shape index (κ1) is 22.8. The Balaban J connectivity index is 1.91. The summed E-state index contributed by atoms with van der Waals surface area (Å²) in [6, 6.07) is 9.76. The summed E-state index contributed by atoms with van der Waals surface area (Å²) in [6.45, 7) is 3.71.